The fraction of sp³-hybridized carbons (Fsp3) is 0.542. The number of aliphatic hydroxyl groups excluding tert-OH is 1. The van der Waals surface area contributed by atoms with Gasteiger partial charge in [-0.05, 0) is 82.1 Å². The van der Waals surface area contributed by atoms with Crippen LogP contribution in [0.1, 0.15) is 65.5 Å². The van der Waals surface area contributed by atoms with E-state index >= 15 is 0 Å². The summed E-state index contributed by atoms with van der Waals surface area (Å²) >= 11 is 4.34. The predicted octanol–water partition coefficient (Wildman–Crippen LogP) is 6.98. The molecule has 37 heavy (non-hydrogen) atoms. The molecule has 0 bridgehead atoms. The van der Waals surface area contributed by atoms with E-state index in [1.165, 1.54) is 18.3 Å². The number of halogens is 4. The highest BCUT2D eigenvalue weighted by Gasteiger charge is 2.42. The molecule has 1 heterocycles. The van der Waals surface area contributed by atoms with Crippen molar-refractivity contribution in [3.8, 4) is 0 Å². The molecular weight excluding hydrogens is 579 g/mol. The number of thiazole rings is 1. The number of carbonyl (C=O) groups is 2. The van der Waals surface area contributed by atoms with Crippen LogP contribution in [-0.4, -0.2) is 51.1 Å². The van der Waals surface area contributed by atoms with Gasteiger partial charge >= 0.3 is 18.4 Å². The first-order valence-electron chi connectivity index (χ1n) is 11.3. The van der Waals surface area contributed by atoms with Gasteiger partial charge in [0.1, 0.15) is 11.2 Å². The molecule has 0 saturated heterocycles. The maximum Gasteiger partial charge on any atom is 0.436 e. The molecule has 206 valence electrons. The molecule has 8 nitrogen and oxygen atoms in total. The first-order valence-corrected chi connectivity index (χ1v) is 12.9. The zero-order chi connectivity index (χ0) is 28.3. The number of rotatable bonds is 5. The van der Waals surface area contributed by atoms with E-state index in [1.807, 2.05) is 0 Å². The van der Waals surface area contributed by atoms with Gasteiger partial charge in [0, 0.05) is 5.92 Å². The lowest BCUT2D eigenvalue weighted by Crippen LogP contribution is -2.58. The number of hydrazine groups is 1. The molecule has 0 aliphatic carbocycles. The van der Waals surface area contributed by atoms with Crippen molar-refractivity contribution in [1.82, 2.24) is 9.99 Å². The highest BCUT2D eigenvalue weighted by molar-refractivity contribution is 9.11. The largest absolute Gasteiger partial charge is 0.442 e. The summed E-state index contributed by atoms with van der Waals surface area (Å²) in [5, 5.41) is 12.2. The quantitative estimate of drug-likeness (QED) is 0.368. The van der Waals surface area contributed by atoms with Crippen molar-refractivity contribution in [2.75, 3.05) is 11.6 Å². The molecule has 2 atom stereocenters. The van der Waals surface area contributed by atoms with Crippen LogP contribution in [-0.2, 0) is 15.7 Å². The van der Waals surface area contributed by atoms with E-state index in [-0.39, 0.29) is 5.13 Å². The summed E-state index contributed by atoms with van der Waals surface area (Å²) in [5.74, 6) is -0.900. The summed E-state index contributed by atoms with van der Waals surface area (Å²) in [6.45, 7) is 10.9. The second kappa shape index (κ2) is 11.6. The average Bonchev–Trinajstić information content (AvgIpc) is 3.14. The van der Waals surface area contributed by atoms with E-state index < -0.39 is 53.7 Å². The monoisotopic (exact) mass is 609 g/mol. The topological polar surface area (TPSA) is 92.2 Å². The molecule has 0 spiro atoms. The summed E-state index contributed by atoms with van der Waals surface area (Å²) in [5.41, 5.74) is -2.42. The van der Waals surface area contributed by atoms with Gasteiger partial charge in [-0.15, -0.1) is 0 Å². The summed E-state index contributed by atoms with van der Waals surface area (Å²) in [4.78, 5) is 31.1. The summed E-state index contributed by atoms with van der Waals surface area (Å²) in [6.07, 6.45) is -4.97. The molecular formula is C24H31BrF3N3O5S. The Morgan fingerprint density at radius 3 is 1.95 bits per heavy atom. The maximum atomic E-state index is 13.5. The molecule has 2 amide bonds. The highest BCUT2D eigenvalue weighted by Crippen LogP contribution is 2.35. The van der Waals surface area contributed by atoms with Gasteiger partial charge in [-0.1, -0.05) is 23.5 Å². The first kappa shape index (κ1) is 30.8. The Morgan fingerprint density at radius 1 is 1.03 bits per heavy atom. The summed E-state index contributed by atoms with van der Waals surface area (Å²) in [6, 6.07) is 3.25. The molecule has 1 aromatic carbocycles. The van der Waals surface area contributed by atoms with Crippen molar-refractivity contribution in [3.05, 3.63) is 45.4 Å². The standard InChI is InChI=1S/C24H31BrF3N3O5S/c1-14(17(13-32)15-8-10-16(11-9-15)24(26,27)28)30(20(33)35-22(2,3)4)31(19-29-12-18(25)37-19)21(34)36-23(5,6)7/h8-12,14,17,32H,13H2,1-7H3/t14-,17+/m0/s1. The number of aromatic nitrogens is 1. The van der Waals surface area contributed by atoms with Crippen LogP contribution >= 0.6 is 27.3 Å². The lowest BCUT2D eigenvalue weighted by atomic mass is 9.92. The third-order valence-corrected chi connectivity index (χ3v) is 6.29. The van der Waals surface area contributed by atoms with Gasteiger partial charge in [0.15, 0.2) is 0 Å². The van der Waals surface area contributed by atoms with Crippen LogP contribution < -0.4 is 5.01 Å². The van der Waals surface area contributed by atoms with Crippen molar-refractivity contribution >= 4 is 44.6 Å². The molecule has 1 aromatic heterocycles. The number of hydrogen-bond acceptors (Lipinski definition) is 7. The van der Waals surface area contributed by atoms with Gasteiger partial charge in [0.25, 0.3) is 0 Å². The van der Waals surface area contributed by atoms with Gasteiger partial charge in [-0.2, -0.15) is 18.2 Å². The van der Waals surface area contributed by atoms with Crippen molar-refractivity contribution in [2.45, 2.75) is 77.8 Å². The Bertz CT molecular complexity index is 1080. The lowest BCUT2D eigenvalue weighted by Gasteiger charge is -2.40. The van der Waals surface area contributed by atoms with E-state index in [0.29, 0.717) is 9.35 Å². The molecule has 2 rings (SSSR count). The number of ether oxygens (including phenoxy) is 2. The Balaban J connectivity index is 2.63. The molecule has 13 heteroatoms. The van der Waals surface area contributed by atoms with Crippen molar-refractivity contribution in [2.24, 2.45) is 0 Å². The summed E-state index contributed by atoms with van der Waals surface area (Å²) in [7, 11) is 0. The third kappa shape index (κ3) is 8.57. The van der Waals surface area contributed by atoms with Gasteiger partial charge in [0.05, 0.1) is 28.2 Å². The molecule has 0 fully saturated rings. The van der Waals surface area contributed by atoms with Crippen molar-refractivity contribution in [1.29, 1.82) is 0 Å². The second-order valence-corrected chi connectivity index (χ2v) is 12.6. The van der Waals surface area contributed by atoms with Crippen LogP contribution in [0.4, 0.5) is 27.9 Å². The van der Waals surface area contributed by atoms with E-state index in [4.69, 9.17) is 9.47 Å². The van der Waals surface area contributed by atoms with Gasteiger partial charge in [-0.3, -0.25) is 0 Å². The van der Waals surface area contributed by atoms with Gasteiger partial charge < -0.3 is 14.6 Å². The number of benzene rings is 1. The van der Waals surface area contributed by atoms with E-state index in [2.05, 4.69) is 20.9 Å². The fourth-order valence-corrected chi connectivity index (χ4v) is 4.44. The molecule has 0 aliphatic heterocycles. The average molecular weight is 610 g/mol. The summed E-state index contributed by atoms with van der Waals surface area (Å²) < 4.78 is 50.9. The van der Waals surface area contributed by atoms with Crippen LogP contribution in [0.3, 0.4) is 0 Å². The fourth-order valence-electron chi connectivity index (χ4n) is 3.27. The minimum atomic E-state index is -4.53. The Hall–Kier alpha value is -2.38. The van der Waals surface area contributed by atoms with Crippen LogP contribution in [0.15, 0.2) is 34.2 Å². The van der Waals surface area contributed by atoms with Gasteiger partial charge in [-0.25, -0.2) is 19.6 Å². The molecule has 0 radical (unpaired) electrons. The number of aliphatic hydroxyl groups is 1. The third-order valence-electron chi connectivity index (χ3n) is 4.84. The van der Waals surface area contributed by atoms with Crippen LogP contribution in [0.5, 0.6) is 0 Å². The van der Waals surface area contributed by atoms with Crippen molar-refractivity contribution in [3.63, 3.8) is 0 Å². The number of alkyl halides is 3. The number of hydrogen-bond donors (Lipinski definition) is 1. The second-order valence-electron chi connectivity index (χ2n) is 10.2. The number of amides is 2. The van der Waals surface area contributed by atoms with Crippen LogP contribution in [0, 0.1) is 0 Å². The van der Waals surface area contributed by atoms with E-state index in [0.717, 1.165) is 33.5 Å². The highest BCUT2D eigenvalue weighted by atomic mass is 79.9. The zero-order valence-corrected chi connectivity index (χ0v) is 24.0. The normalized spacial score (nSPS) is 14.1. The van der Waals surface area contributed by atoms with E-state index in [9.17, 15) is 27.9 Å². The van der Waals surface area contributed by atoms with Crippen LogP contribution in [0.25, 0.3) is 0 Å². The molecule has 0 aliphatic rings. The van der Waals surface area contributed by atoms with Crippen LogP contribution in [0.2, 0.25) is 0 Å². The number of anilines is 1. The molecule has 0 saturated carbocycles. The minimum absolute atomic E-state index is 0.0722. The zero-order valence-electron chi connectivity index (χ0n) is 21.6. The van der Waals surface area contributed by atoms with Crippen molar-refractivity contribution < 1.29 is 37.3 Å². The first-order chi connectivity index (χ1) is 16.8. The SMILES string of the molecule is C[C@@H]([C@@H](CO)c1ccc(C(F)(F)F)cc1)N(C(=O)OC(C)(C)C)N(C(=O)OC(C)(C)C)c1ncc(Br)s1. The molecule has 0 unspecified atom stereocenters. The smallest absolute Gasteiger partial charge is 0.436 e. The minimum Gasteiger partial charge on any atom is -0.442 e. The van der Waals surface area contributed by atoms with E-state index in [1.54, 1.807) is 48.5 Å². The lowest BCUT2D eigenvalue weighted by molar-refractivity contribution is -0.137. The Morgan fingerprint density at radius 2 is 1.54 bits per heavy atom. The molecule has 1 N–H and O–H groups in total. The number of nitrogens with zero attached hydrogens (tertiary/aromatic N) is 3. The van der Waals surface area contributed by atoms with Gasteiger partial charge in [0.2, 0.25) is 5.13 Å². The Kier molecular flexibility index (Phi) is 9.64. The maximum absolute atomic E-state index is 13.5. The molecule has 2 aromatic rings. The Labute approximate surface area is 226 Å². The predicted molar refractivity (Wildman–Crippen MR) is 137 cm³/mol. The number of carbonyl (C=O) groups excluding carboxylic acids is 2.